The average molecular weight is 446 g/mol. The van der Waals surface area contributed by atoms with Gasteiger partial charge in [-0.15, -0.1) is 11.3 Å². The van der Waals surface area contributed by atoms with Crippen LogP contribution in [0.3, 0.4) is 0 Å². The van der Waals surface area contributed by atoms with Gasteiger partial charge in [0.1, 0.15) is 5.76 Å². The number of hydrogen-bond acceptors (Lipinski definition) is 4. The van der Waals surface area contributed by atoms with Crippen molar-refractivity contribution in [2.24, 2.45) is 0 Å². The number of amides is 1. The lowest BCUT2D eigenvalue weighted by atomic mass is 9.95. The standard InChI is InChI=1S/C22H14ClF2NO3S/c23-14-6-3-12(4-7-14)19-18(20(27)13-5-8-16(24)17(25)10-13)21(28)22(29)26(19)11-15-2-1-9-30-15/h1-10,19,27H,11H2/b20-18+. The highest BCUT2D eigenvalue weighted by Gasteiger charge is 2.46. The monoisotopic (exact) mass is 445 g/mol. The Morgan fingerprint density at radius 3 is 2.43 bits per heavy atom. The highest BCUT2D eigenvalue weighted by molar-refractivity contribution is 7.09. The van der Waals surface area contributed by atoms with Crippen LogP contribution in [0.25, 0.3) is 5.76 Å². The van der Waals surface area contributed by atoms with Crippen LogP contribution in [-0.4, -0.2) is 21.7 Å². The predicted molar refractivity (Wildman–Crippen MR) is 110 cm³/mol. The third-order valence-electron chi connectivity index (χ3n) is 4.83. The Kier molecular flexibility index (Phi) is 5.40. The third kappa shape index (κ3) is 3.62. The molecule has 0 bridgehead atoms. The highest BCUT2D eigenvalue weighted by Crippen LogP contribution is 2.41. The molecule has 1 N–H and O–H groups in total. The number of halogens is 3. The Morgan fingerprint density at radius 1 is 1.07 bits per heavy atom. The largest absolute Gasteiger partial charge is 0.507 e. The van der Waals surface area contributed by atoms with E-state index in [0.717, 1.165) is 23.1 Å². The van der Waals surface area contributed by atoms with Gasteiger partial charge in [-0.25, -0.2) is 8.78 Å². The van der Waals surface area contributed by atoms with Crippen LogP contribution in [0, 0.1) is 11.6 Å². The molecule has 1 aromatic heterocycles. The highest BCUT2D eigenvalue weighted by atomic mass is 35.5. The number of aliphatic hydroxyl groups excluding tert-OH is 1. The first-order valence-electron chi connectivity index (χ1n) is 8.88. The number of ketones is 1. The number of Topliss-reactive ketones (excluding diaryl/α,β-unsaturated/α-hetero) is 1. The van der Waals surface area contributed by atoms with Gasteiger partial charge in [0.2, 0.25) is 0 Å². The van der Waals surface area contributed by atoms with E-state index in [1.807, 2.05) is 17.5 Å². The van der Waals surface area contributed by atoms with E-state index in [9.17, 15) is 23.5 Å². The molecular weight excluding hydrogens is 432 g/mol. The lowest BCUT2D eigenvalue weighted by molar-refractivity contribution is -0.140. The fourth-order valence-corrected chi connectivity index (χ4v) is 4.23. The van der Waals surface area contributed by atoms with Crippen molar-refractivity contribution in [1.29, 1.82) is 0 Å². The van der Waals surface area contributed by atoms with E-state index in [-0.39, 0.29) is 17.7 Å². The fourth-order valence-electron chi connectivity index (χ4n) is 3.40. The smallest absolute Gasteiger partial charge is 0.295 e. The van der Waals surface area contributed by atoms with E-state index in [1.54, 1.807) is 24.3 Å². The van der Waals surface area contributed by atoms with Crippen molar-refractivity contribution in [2.45, 2.75) is 12.6 Å². The first-order chi connectivity index (χ1) is 14.4. The summed E-state index contributed by atoms with van der Waals surface area (Å²) in [5.74, 6) is -4.50. The van der Waals surface area contributed by atoms with Crippen LogP contribution in [0.4, 0.5) is 8.78 Å². The molecule has 0 saturated carbocycles. The number of thiophene rings is 1. The first-order valence-corrected chi connectivity index (χ1v) is 10.1. The first kappa shape index (κ1) is 20.3. The molecular formula is C22H14ClF2NO3S. The summed E-state index contributed by atoms with van der Waals surface area (Å²) in [4.78, 5) is 27.9. The van der Waals surface area contributed by atoms with Crippen LogP contribution in [0.5, 0.6) is 0 Å². The summed E-state index contributed by atoms with van der Waals surface area (Å²) >= 11 is 7.40. The van der Waals surface area contributed by atoms with Gasteiger partial charge in [-0.2, -0.15) is 0 Å². The second-order valence-corrected chi connectivity index (χ2v) is 8.16. The molecule has 152 valence electrons. The summed E-state index contributed by atoms with van der Waals surface area (Å²) in [5.41, 5.74) is 0.270. The molecule has 8 heteroatoms. The summed E-state index contributed by atoms with van der Waals surface area (Å²) < 4.78 is 27.0. The van der Waals surface area contributed by atoms with Crippen molar-refractivity contribution in [3.8, 4) is 0 Å². The topological polar surface area (TPSA) is 57.6 Å². The minimum Gasteiger partial charge on any atom is -0.507 e. The number of benzene rings is 2. The molecule has 3 aromatic rings. The van der Waals surface area contributed by atoms with Crippen molar-refractivity contribution < 1.29 is 23.5 Å². The van der Waals surface area contributed by atoms with Gasteiger partial charge in [-0.3, -0.25) is 9.59 Å². The predicted octanol–water partition coefficient (Wildman–Crippen LogP) is 5.30. The Morgan fingerprint density at radius 2 is 1.80 bits per heavy atom. The van der Waals surface area contributed by atoms with E-state index in [1.165, 1.54) is 16.2 Å². The number of aliphatic hydroxyl groups is 1. The zero-order chi connectivity index (χ0) is 21.4. The van der Waals surface area contributed by atoms with E-state index in [4.69, 9.17) is 11.6 Å². The molecule has 1 amide bonds. The summed E-state index contributed by atoms with van der Waals surface area (Å²) in [5, 5.41) is 13.1. The maximum Gasteiger partial charge on any atom is 0.295 e. The molecule has 1 atom stereocenters. The Labute approximate surface area is 179 Å². The second-order valence-electron chi connectivity index (χ2n) is 6.69. The maximum atomic E-state index is 13.7. The molecule has 0 aliphatic carbocycles. The Balaban J connectivity index is 1.87. The van der Waals surface area contributed by atoms with Gasteiger partial charge in [0.25, 0.3) is 11.7 Å². The molecule has 1 aliphatic rings. The molecule has 1 saturated heterocycles. The van der Waals surface area contributed by atoms with Crippen LogP contribution in [0.15, 0.2) is 65.6 Å². The van der Waals surface area contributed by atoms with Gasteiger partial charge in [-0.1, -0.05) is 29.8 Å². The van der Waals surface area contributed by atoms with Crippen LogP contribution in [-0.2, 0) is 16.1 Å². The van der Waals surface area contributed by atoms with Gasteiger partial charge >= 0.3 is 0 Å². The summed E-state index contributed by atoms with van der Waals surface area (Å²) in [6.45, 7) is 0.157. The number of carbonyl (C=O) groups excluding carboxylic acids is 2. The normalized spacial score (nSPS) is 18.2. The lowest BCUT2D eigenvalue weighted by Crippen LogP contribution is -2.28. The van der Waals surface area contributed by atoms with Crippen molar-refractivity contribution in [3.05, 3.63) is 98.2 Å². The maximum absolute atomic E-state index is 13.7. The van der Waals surface area contributed by atoms with Crippen LogP contribution in [0.1, 0.15) is 22.0 Å². The van der Waals surface area contributed by atoms with E-state index < -0.39 is 35.1 Å². The molecule has 1 unspecified atom stereocenters. The molecule has 1 aliphatic heterocycles. The number of rotatable bonds is 4. The lowest BCUT2D eigenvalue weighted by Gasteiger charge is -2.25. The number of hydrogen-bond donors (Lipinski definition) is 1. The summed E-state index contributed by atoms with van der Waals surface area (Å²) in [6, 6.07) is 12.1. The van der Waals surface area contributed by atoms with E-state index in [2.05, 4.69) is 0 Å². The molecule has 1 fully saturated rings. The Hall–Kier alpha value is -3.03. The molecule has 30 heavy (non-hydrogen) atoms. The Bertz CT molecular complexity index is 1160. The minimum atomic E-state index is -1.17. The van der Waals surface area contributed by atoms with Crippen LogP contribution in [0.2, 0.25) is 5.02 Å². The third-order valence-corrected chi connectivity index (χ3v) is 5.94. The van der Waals surface area contributed by atoms with Gasteiger partial charge in [0.05, 0.1) is 18.2 Å². The molecule has 0 radical (unpaired) electrons. The molecule has 2 aromatic carbocycles. The summed E-state index contributed by atoms with van der Waals surface area (Å²) in [7, 11) is 0. The molecule has 0 spiro atoms. The van der Waals surface area contributed by atoms with Gasteiger partial charge in [0, 0.05) is 15.5 Å². The van der Waals surface area contributed by atoms with Crippen LogP contribution >= 0.6 is 22.9 Å². The molecule has 4 nitrogen and oxygen atoms in total. The quantitative estimate of drug-likeness (QED) is 0.337. The van der Waals surface area contributed by atoms with Crippen molar-refractivity contribution in [3.63, 3.8) is 0 Å². The van der Waals surface area contributed by atoms with E-state index in [0.29, 0.717) is 10.6 Å². The van der Waals surface area contributed by atoms with Crippen LogP contribution < -0.4 is 0 Å². The van der Waals surface area contributed by atoms with Gasteiger partial charge < -0.3 is 10.0 Å². The van der Waals surface area contributed by atoms with E-state index >= 15 is 0 Å². The minimum absolute atomic E-state index is 0.0954. The molecule has 2 heterocycles. The van der Waals surface area contributed by atoms with Gasteiger partial charge in [0.15, 0.2) is 11.6 Å². The van der Waals surface area contributed by atoms with Crippen molar-refractivity contribution in [2.75, 3.05) is 0 Å². The van der Waals surface area contributed by atoms with Crippen molar-refractivity contribution >= 4 is 40.4 Å². The average Bonchev–Trinajstić information content (AvgIpc) is 3.33. The van der Waals surface area contributed by atoms with Gasteiger partial charge in [-0.05, 0) is 47.3 Å². The number of carbonyl (C=O) groups is 2. The molecule has 4 rings (SSSR count). The zero-order valence-corrected chi connectivity index (χ0v) is 16.9. The number of likely N-dealkylation sites (tertiary alicyclic amines) is 1. The number of nitrogens with zero attached hydrogens (tertiary/aromatic N) is 1. The SMILES string of the molecule is O=C1C(=O)N(Cc2cccs2)C(c2ccc(Cl)cc2)/C1=C(\O)c1ccc(F)c(F)c1. The van der Waals surface area contributed by atoms with Crippen molar-refractivity contribution in [1.82, 2.24) is 4.90 Å². The second kappa shape index (κ2) is 8.01. The summed E-state index contributed by atoms with van der Waals surface area (Å²) in [6.07, 6.45) is 0. The zero-order valence-electron chi connectivity index (χ0n) is 15.3. The fraction of sp³-hybridized carbons (Fsp3) is 0.0909.